The lowest BCUT2D eigenvalue weighted by Crippen LogP contribution is -2.03. The SMILES string of the molecule is CCCCn1c(C)c(CCC)c2cc(C(=O)O)cc(CC)c21. The van der Waals surface area contributed by atoms with E-state index in [9.17, 15) is 9.90 Å². The second-order valence-corrected chi connectivity index (χ2v) is 6.01. The van der Waals surface area contributed by atoms with Gasteiger partial charge in [-0.15, -0.1) is 0 Å². The maximum Gasteiger partial charge on any atom is 0.335 e. The Kier molecular flexibility index (Phi) is 5.28. The average Bonchev–Trinajstić information content (AvgIpc) is 2.77. The van der Waals surface area contributed by atoms with Crippen molar-refractivity contribution in [3.8, 4) is 0 Å². The molecule has 1 aromatic heterocycles. The molecule has 0 atom stereocenters. The number of fused-ring (bicyclic) bond motifs is 1. The van der Waals surface area contributed by atoms with Crippen LogP contribution in [0.2, 0.25) is 0 Å². The molecule has 0 amide bonds. The van der Waals surface area contributed by atoms with Crippen LogP contribution >= 0.6 is 0 Å². The van der Waals surface area contributed by atoms with Crippen LogP contribution in [0.1, 0.15) is 67.2 Å². The third-order valence-electron chi connectivity index (χ3n) is 4.49. The van der Waals surface area contributed by atoms with Gasteiger partial charge < -0.3 is 9.67 Å². The summed E-state index contributed by atoms with van der Waals surface area (Å²) in [5, 5.41) is 10.5. The first-order valence-electron chi connectivity index (χ1n) is 8.42. The van der Waals surface area contributed by atoms with Gasteiger partial charge in [-0.05, 0) is 49.4 Å². The Bertz CT molecular complexity index is 683. The largest absolute Gasteiger partial charge is 0.478 e. The lowest BCUT2D eigenvalue weighted by Gasteiger charge is -2.11. The van der Waals surface area contributed by atoms with E-state index >= 15 is 0 Å². The van der Waals surface area contributed by atoms with Gasteiger partial charge in [-0.2, -0.15) is 0 Å². The molecular weight excluding hydrogens is 274 g/mol. The zero-order chi connectivity index (χ0) is 16.3. The summed E-state index contributed by atoms with van der Waals surface area (Å²) in [6.07, 6.45) is 5.26. The Balaban J connectivity index is 2.78. The fraction of sp³-hybridized carbons (Fsp3) is 0.526. The molecule has 0 spiro atoms. The van der Waals surface area contributed by atoms with Crippen LogP contribution in [0, 0.1) is 6.92 Å². The molecule has 3 nitrogen and oxygen atoms in total. The van der Waals surface area contributed by atoms with Gasteiger partial charge in [-0.1, -0.05) is 33.6 Å². The van der Waals surface area contributed by atoms with E-state index < -0.39 is 5.97 Å². The minimum atomic E-state index is -0.835. The Labute approximate surface area is 133 Å². The molecule has 0 unspecified atom stereocenters. The van der Waals surface area contributed by atoms with Gasteiger partial charge in [0.2, 0.25) is 0 Å². The van der Waals surface area contributed by atoms with E-state index in [1.165, 1.54) is 16.8 Å². The van der Waals surface area contributed by atoms with E-state index in [-0.39, 0.29) is 0 Å². The first-order valence-corrected chi connectivity index (χ1v) is 8.42. The Morgan fingerprint density at radius 2 is 1.91 bits per heavy atom. The highest BCUT2D eigenvalue weighted by Crippen LogP contribution is 2.32. The molecule has 0 saturated heterocycles. The lowest BCUT2D eigenvalue weighted by molar-refractivity contribution is 0.0697. The zero-order valence-electron chi connectivity index (χ0n) is 14.2. The number of aromatic nitrogens is 1. The highest BCUT2D eigenvalue weighted by molar-refractivity contribution is 5.97. The van der Waals surface area contributed by atoms with E-state index in [2.05, 4.69) is 32.3 Å². The summed E-state index contributed by atoms with van der Waals surface area (Å²) in [6, 6.07) is 3.72. The van der Waals surface area contributed by atoms with E-state index in [4.69, 9.17) is 0 Å². The summed E-state index contributed by atoms with van der Waals surface area (Å²) in [6.45, 7) is 9.68. The third-order valence-corrected chi connectivity index (χ3v) is 4.49. The number of carboxylic acids is 1. The molecule has 2 rings (SSSR count). The molecule has 2 aromatic rings. The number of hydrogen-bond donors (Lipinski definition) is 1. The predicted molar refractivity (Wildman–Crippen MR) is 91.9 cm³/mol. The van der Waals surface area contributed by atoms with E-state index in [1.807, 2.05) is 12.1 Å². The standard InChI is InChI=1S/C19H27NO2/c1-5-8-10-20-13(4)16(9-6-2)17-12-15(19(21)22)11-14(7-3)18(17)20/h11-12H,5-10H2,1-4H3,(H,21,22). The van der Waals surface area contributed by atoms with Crippen molar-refractivity contribution in [2.24, 2.45) is 0 Å². The van der Waals surface area contributed by atoms with Gasteiger partial charge in [0.05, 0.1) is 11.1 Å². The number of nitrogens with zero attached hydrogens (tertiary/aromatic N) is 1. The van der Waals surface area contributed by atoms with Crippen LogP contribution in [0.4, 0.5) is 0 Å². The summed E-state index contributed by atoms with van der Waals surface area (Å²) in [7, 11) is 0. The van der Waals surface area contributed by atoms with Crippen LogP contribution in [0.3, 0.4) is 0 Å². The lowest BCUT2D eigenvalue weighted by atomic mass is 10.00. The number of carboxylic acid groups (broad SMARTS) is 1. The second kappa shape index (κ2) is 6.99. The van der Waals surface area contributed by atoms with Crippen molar-refractivity contribution in [3.05, 3.63) is 34.5 Å². The number of benzene rings is 1. The maximum atomic E-state index is 11.4. The molecule has 0 aliphatic rings. The van der Waals surface area contributed by atoms with Gasteiger partial charge in [-0.25, -0.2) is 4.79 Å². The molecule has 0 aliphatic heterocycles. The van der Waals surface area contributed by atoms with Crippen molar-refractivity contribution >= 4 is 16.9 Å². The van der Waals surface area contributed by atoms with Gasteiger partial charge >= 0.3 is 5.97 Å². The van der Waals surface area contributed by atoms with Crippen molar-refractivity contribution in [3.63, 3.8) is 0 Å². The number of aryl methyl sites for hydroxylation is 3. The van der Waals surface area contributed by atoms with Crippen molar-refractivity contribution in [1.82, 2.24) is 4.57 Å². The van der Waals surface area contributed by atoms with Gasteiger partial charge in [-0.3, -0.25) is 0 Å². The van der Waals surface area contributed by atoms with E-state index in [0.717, 1.165) is 49.6 Å². The quantitative estimate of drug-likeness (QED) is 0.785. The summed E-state index contributed by atoms with van der Waals surface area (Å²) in [5.41, 5.74) is 5.45. The fourth-order valence-electron chi connectivity index (χ4n) is 3.32. The Hall–Kier alpha value is -1.77. The topological polar surface area (TPSA) is 42.2 Å². The second-order valence-electron chi connectivity index (χ2n) is 6.01. The van der Waals surface area contributed by atoms with Crippen LogP contribution in [0.15, 0.2) is 12.1 Å². The van der Waals surface area contributed by atoms with Gasteiger partial charge in [0.15, 0.2) is 0 Å². The maximum absolute atomic E-state index is 11.4. The first-order chi connectivity index (χ1) is 10.5. The summed E-state index contributed by atoms with van der Waals surface area (Å²) >= 11 is 0. The zero-order valence-corrected chi connectivity index (χ0v) is 14.2. The van der Waals surface area contributed by atoms with Crippen LogP contribution in [0.5, 0.6) is 0 Å². The summed E-state index contributed by atoms with van der Waals surface area (Å²) in [5.74, 6) is -0.835. The predicted octanol–water partition coefficient (Wildman–Crippen LogP) is 4.96. The number of hydrogen-bond acceptors (Lipinski definition) is 1. The average molecular weight is 301 g/mol. The minimum Gasteiger partial charge on any atom is -0.478 e. The van der Waals surface area contributed by atoms with Crippen LogP contribution in [-0.4, -0.2) is 15.6 Å². The molecule has 0 aliphatic carbocycles. The third kappa shape index (κ3) is 2.90. The van der Waals surface area contributed by atoms with E-state index in [0.29, 0.717) is 5.56 Å². The molecule has 120 valence electrons. The smallest absolute Gasteiger partial charge is 0.335 e. The fourth-order valence-corrected chi connectivity index (χ4v) is 3.32. The minimum absolute atomic E-state index is 0.411. The molecule has 22 heavy (non-hydrogen) atoms. The van der Waals surface area contributed by atoms with Crippen LogP contribution in [-0.2, 0) is 19.4 Å². The first kappa shape index (κ1) is 16.6. The van der Waals surface area contributed by atoms with Crippen molar-refractivity contribution in [2.75, 3.05) is 0 Å². The molecule has 1 aromatic carbocycles. The van der Waals surface area contributed by atoms with Crippen LogP contribution < -0.4 is 0 Å². The number of rotatable bonds is 7. The molecular formula is C19H27NO2. The molecule has 0 saturated carbocycles. The van der Waals surface area contributed by atoms with Crippen LogP contribution in [0.25, 0.3) is 10.9 Å². The van der Waals surface area contributed by atoms with Crippen molar-refractivity contribution in [1.29, 1.82) is 0 Å². The Morgan fingerprint density at radius 3 is 2.45 bits per heavy atom. The molecule has 0 fully saturated rings. The summed E-state index contributed by atoms with van der Waals surface area (Å²) in [4.78, 5) is 11.4. The summed E-state index contributed by atoms with van der Waals surface area (Å²) < 4.78 is 2.41. The molecule has 3 heteroatoms. The number of aromatic carboxylic acids is 1. The van der Waals surface area contributed by atoms with Gasteiger partial charge in [0, 0.05) is 17.6 Å². The number of carbonyl (C=O) groups is 1. The van der Waals surface area contributed by atoms with E-state index in [1.54, 1.807) is 0 Å². The highest BCUT2D eigenvalue weighted by atomic mass is 16.4. The number of unbranched alkanes of at least 4 members (excludes halogenated alkanes) is 1. The molecule has 1 N–H and O–H groups in total. The van der Waals surface area contributed by atoms with Crippen molar-refractivity contribution in [2.45, 2.75) is 66.3 Å². The molecule has 1 heterocycles. The molecule has 0 radical (unpaired) electrons. The Morgan fingerprint density at radius 1 is 1.18 bits per heavy atom. The normalized spacial score (nSPS) is 11.3. The highest BCUT2D eigenvalue weighted by Gasteiger charge is 2.18. The van der Waals surface area contributed by atoms with Gasteiger partial charge in [0.1, 0.15) is 0 Å². The van der Waals surface area contributed by atoms with Crippen molar-refractivity contribution < 1.29 is 9.90 Å². The molecule has 0 bridgehead atoms. The van der Waals surface area contributed by atoms with Gasteiger partial charge in [0.25, 0.3) is 0 Å². The monoisotopic (exact) mass is 301 g/mol.